The van der Waals surface area contributed by atoms with E-state index >= 15 is 0 Å². The highest BCUT2D eigenvalue weighted by Gasteiger charge is 2.19. The van der Waals surface area contributed by atoms with Crippen LogP contribution in [0.15, 0.2) is 18.5 Å². The summed E-state index contributed by atoms with van der Waals surface area (Å²) in [5, 5.41) is -0.301. The Hall–Kier alpha value is -1.20. The number of rotatable bonds is 3. The maximum atomic E-state index is 10.7. The SMILES string of the molecule is O=C(Cl)CN1CCN(c2ncccn2)CC1. The minimum atomic E-state index is -0.301. The average Bonchev–Trinajstić information content (AvgIpc) is 2.30. The second-order valence-corrected chi connectivity index (χ2v) is 4.09. The van der Waals surface area contributed by atoms with Gasteiger partial charge in [0.15, 0.2) is 0 Å². The van der Waals surface area contributed by atoms with Gasteiger partial charge in [-0.2, -0.15) is 0 Å². The maximum Gasteiger partial charge on any atom is 0.235 e. The zero-order chi connectivity index (χ0) is 11.4. The summed E-state index contributed by atoms with van der Waals surface area (Å²) in [5.74, 6) is 0.749. The first-order valence-corrected chi connectivity index (χ1v) is 5.56. The van der Waals surface area contributed by atoms with Crippen LogP contribution in [0.1, 0.15) is 0 Å². The Balaban J connectivity index is 1.88. The molecular weight excluding hydrogens is 228 g/mol. The molecule has 0 unspecified atom stereocenters. The minimum absolute atomic E-state index is 0.301. The van der Waals surface area contributed by atoms with Gasteiger partial charge < -0.3 is 4.90 Å². The standard InChI is InChI=1S/C10H13ClN4O/c11-9(16)8-14-4-6-15(7-5-14)10-12-2-1-3-13-10/h1-3H,4-8H2. The van der Waals surface area contributed by atoms with E-state index in [1.165, 1.54) is 0 Å². The van der Waals surface area contributed by atoms with Gasteiger partial charge in [-0.05, 0) is 17.7 Å². The Morgan fingerprint density at radius 3 is 2.44 bits per heavy atom. The quantitative estimate of drug-likeness (QED) is 0.715. The van der Waals surface area contributed by atoms with Crippen molar-refractivity contribution in [1.29, 1.82) is 0 Å². The molecule has 1 saturated heterocycles. The Morgan fingerprint density at radius 2 is 1.88 bits per heavy atom. The highest BCUT2D eigenvalue weighted by molar-refractivity contribution is 6.64. The first-order chi connectivity index (χ1) is 7.75. The van der Waals surface area contributed by atoms with Crippen molar-refractivity contribution in [2.45, 2.75) is 0 Å². The third-order valence-electron chi connectivity index (χ3n) is 2.56. The second-order valence-electron chi connectivity index (χ2n) is 3.67. The molecule has 0 amide bonds. The number of halogens is 1. The van der Waals surface area contributed by atoms with E-state index in [0.29, 0.717) is 6.54 Å². The van der Waals surface area contributed by atoms with Crippen LogP contribution in [-0.2, 0) is 4.79 Å². The van der Waals surface area contributed by atoms with Gasteiger partial charge in [0, 0.05) is 38.6 Å². The summed E-state index contributed by atoms with van der Waals surface area (Å²) >= 11 is 5.35. The van der Waals surface area contributed by atoms with E-state index in [1.807, 2.05) is 4.90 Å². The summed E-state index contributed by atoms with van der Waals surface area (Å²) in [6, 6.07) is 1.80. The van der Waals surface area contributed by atoms with Gasteiger partial charge in [0.25, 0.3) is 0 Å². The van der Waals surface area contributed by atoms with E-state index in [9.17, 15) is 4.79 Å². The molecule has 1 aliphatic heterocycles. The molecule has 1 aromatic rings. The van der Waals surface area contributed by atoms with Gasteiger partial charge in [-0.1, -0.05) is 0 Å². The fourth-order valence-corrected chi connectivity index (χ4v) is 1.91. The van der Waals surface area contributed by atoms with Crippen molar-refractivity contribution in [3.8, 4) is 0 Å². The molecule has 0 saturated carbocycles. The lowest BCUT2D eigenvalue weighted by Crippen LogP contribution is -2.48. The van der Waals surface area contributed by atoms with Crippen molar-refractivity contribution in [3.05, 3.63) is 18.5 Å². The molecule has 0 N–H and O–H groups in total. The summed E-state index contributed by atoms with van der Waals surface area (Å²) < 4.78 is 0. The number of anilines is 1. The molecule has 0 radical (unpaired) electrons. The summed E-state index contributed by atoms with van der Waals surface area (Å²) in [5.41, 5.74) is 0. The number of piperazine rings is 1. The van der Waals surface area contributed by atoms with Crippen LogP contribution in [0.4, 0.5) is 5.95 Å². The van der Waals surface area contributed by atoms with Gasteiger partial charge in [0.2, 0.25) is 11.2 Å². The maximum absolute atomic E-state index is 10.7. The Bertz CT molecular complexity index is 351. The first-order valence-electron chi connectivity index (χ1n) is 5.18. The number of carbonyl (C=O) groups is 1. The predicted octanol–water partition coefficient (Wildman–Crippen LogP) is 0.364. The molecule has 0 aliphatic carbocycles. The van der Waals surface area contributed by atoms with Crippen molar-refractivity contribution < 1.29 is 4.79 Å². The van der Waals surface area contributed by atoms with Gasteiger partial charge in [0.05, 0.1) is 6.54 Å². The Kier molecular flexibility index (Phi) is 3.69. The zero-order valence-corrected chi connectivity index (χ0v) is 9.60. The number of hydrogen-bond donors (Lipinski definition) is 0. The molecule has 2 rings (SSSR count). The Labute approximate surface area is 99.0 Å². The van der Waals surface area contributed by atoms with Crippen LogP contribution in [0.3, 0.4) is 0 Å². The smallest absolute Gasteiger partial charge is 0.235 e. The molecule has 1 aliphatic rings. The van der Waals surface area contributed by atoms with Crippen LogP contribution in [-0.4, -0.2) is 52.8 Å². The molecule has 0 bridgehead atoms. The molecule has 16 heavy (non-hydrogen) atoms. The number of hydrogen-bond acceptors (Lipinski definition) is 5. The van der Waals surface area contributed by atoms with E-state index in [2.05, 4.69) is 14.9 Å². The zero-order valence-electron chi connectivity index (χ0n) is 8.84. The van der Waals surface area contributed by atoms with E-state index in [0.717, 1.165) is 32.1 Å². The van der Waals surface area contributed by atoms with Crippen molar-refractivity contribution in [2.24, 2.45) is 0 Å². The van der Waals surface area contributed by atoms with Gasteiger partial charge >= 0.3 is 0 Å². The molecule has 5 nitrogen and oxygen atoms in total. The van der Waals surface area contributed by atoms with Crippen LogP contribution in [0.5, 0.6) is 0 Å². The van der Waals surface area contributed by atoms with E-state index in [-0.39, 0.29) is 5.24 Å². The fourth-order valence-electron chi connectivity index (χ4n) is 1.74. The van der Waals surface area contributed by atoms with Crippen LogP contribution in [0.25, 0.3) is 0 Å². The lowest BCUT2D eigenvalue weighted by Gasteiger charge is -2.33. The lowest BCUT2D eigenvalue weighted by molar-refractivity contribution is -0.112. The minimum Gasteiger partial charge on any atom is -0.338 e. The van der Waals surface area contributed by atoms with Crippen LogP contribution in [0.2, 0.25) is 0 Å². The molecule has 2 heterocycles. The largest absolute Gasteiger partial charge is 0.338 e. The third kappa shape index (κ3) is 2.90. The normalized spacial score (nSPS) is 17.4. The molecule has 0 spiro atoms. The highest BCUT2D eigenvalue weighted by atomic mass is 35.5. The van der Waals surface area contributed by atoms with Gasteiger partial charge in [-0.25, -0.2) is 9.97 Å². The summed E-state index contributed by atoms with van der Waals surface area (Å²) in [4.78, 5) is 23.3. The fraction of sp³-hybridized carbons (Fsp3) is 0.500. The molecule has 0 aromatic carbocycles. The van der Waals surface area contributed by atoms with Crippen LogP contribution >= 0.6 is 11.6 Å². The van der Waals surface area contributed by atoms with E-state index in [1.54, 1.807) is 18.5 Å². The third-order valence-corrected chi connectivity index (χ3v) is 2.67. The van der Waals surface area contributed by atoms with Crippen molar-refractivity contribution in [3.63, 3.8) is 0 Å². The van der Waals surface area contributed by atoms with Crippen LogP contribution in [0, 0.1) is 0 Å². The summed E-state index contributed by atoms with van der Waals surface area (Å²) in [6.07, 6.45) is 3.47. The average molecular weight is 241 g/mol. The molecular formula is C10H13ClN4O. The van der Waals surface area contributed by atoms with E-state index < -0.39 is 0 Å². The predicted molar refractivity (Wildman–Crippen MR) is 61.5 cm³/mol. The van der Waals surface area contributed by atoms with Gasteiger partial charge in [-0.15, -0.1) is 0 Å². The molecule has 1 fully saturated rings. The molecule has 0 atom stereocenters. The van der Waals surface area contributed by atoms with Crippen molar-refractivity contribution in [1.82, 2.24) is 14.9 Å². The summed E-state index contributed by atoms with van der Waals surface area (Å²) in [6.45, 7) is 3.61. The number of aromatic nitrogens is 2. The van der Waals surface area contributed by atoms with E-state index in [4.69, 9.17) is 11.6 Å². The topological polar surface area (TPSA) is 49.3 Å². The summed E-state index contributed by atoms with van der Waals surface area (Å²) in [7, 11) is 0. The van der Waals surface area contributed by atoms with Crippen molar-refractivity contribution >= 4 is 22.8 Å². The number of nitrogens with zero attached hydrogens (tertiary/aromatic N) is 4. The van der Waals surface area contributed by atoms with Crippen LogP contribution < -0.4 is 4.90 Å². The lowest BCUT2D eigenvalue weighted by atomic mass is 10.3. The molecule has 86 valence electrons. The monoisotopic (exact) mass is 240 g/mol. The highest BCUT2D eigenvalue weighted by Crippen LogP contribution is 2.09. The second kappa shape index (κ2) is 5.23. The number of carbonyl (C=O) groups excluding carboxylic acids is 1. The molecule has 6 heteroatoms. The first kappa shape index (κ1) is 11.3. The Morgan fingerprint density at radius 1 is 1.25 bits per heavy atom. The van der Waals surface area contributed by atoms with Gasteiger partial charge in [0.1, 0.15) is 0 Å². The van der Waals surface area contributed by atoms with Crippen molar-refractivity contribution in [2.75, 3.05) is 37.6 Å². The molecule has 1 aromatic heterocycles. The van der Waals surface area contributed by atoms with Gasteiger partial charge in [-0.3, -0.25) is 9.69 Å².